The molecule has 1 aromatic heterocycles. The molecule has 7 atom stereocenters. The van der Waals surface area contributed by atoms with E-state index in [0.29, 0.717) is 18.0 Å². The molecule has 2 aliphatic rings. The highest BCUT2D eigenvalue weighted by molar-refractivity contribution is 5.88. The fraction of sp³-hybridized carbons (Fsp3) is 0.731. The van der Waals surface area contributed by atoms with E-state index in [-0.39, 0.29) is 30.3 Å². The van der Waals surface area contributed by atoms with Gasteiger partial charge in [-0.3, -0.25) is 9.59 Å². The number of fused-ring (bicyclic) bond motifs is 1. The lowest BCUT2D eigenvalue weighted by Crippen LogP contribution is -2.45. The van der Waals surface area contributed by atoms with E-state index in [1.165, 1.54) is 0 Å². The summed E-state index contributed by atoms with van der Waals surface area (Å²) < 4.78 is 16.9. The molecule has 0 aromatic carbocycles. The number of ether oxygens (including phenoxy) is 2. The summed E-state index contributed by atoms with van der Waals surface area (Å²) in [6.45, 7) is 10.5. The number of cyclic esters (lactones) is 1. The third-order valence-electron chi connectivity index (χ3n) is 7.41. The van der Waals surface area contributed by atoms with Gasteiger partial charge in [0.25, 0.3) is 0 Å². The number of carbonyl (C=O) groups excluding carboxylic acids is 2. The van der Waals surface area contributed by atoms with Crippen molar-refractivity contribution in [2.24, 2.45) is 17.3 Å². The van der Waals surface area contributed by atoms with E-state index in [2.05, 4.69) is 4.98 Å². The molecule has 0 bridgehead atoms. The van der Waals surface area contributed by atoms with Crippen LogP contribution in [0, 0.1) is 24.2 Å². The minimum atomic E-state index is -1.24. The van der Waals surface area contributed by atoms with Crippen LogP contribution < -0.4 is 0 Å². The summed E-state index contributed by atoms with van der Waals surface area (Å²) >= 11 is 0. The Hall–Kier alpha value is -2.03. The maximum absolute atomic E-state index is 13.2. The molecule has 2 saturated heterocycles. The lowest BCUT2D eigenvalue weighted by atomic mass is 9.73. The van der Waals surface area contributed by atoms with Crippen molar-refractivity contribution in [1.29, 1.82) is 0 Å². The molecule has 0 unspecified atom stereocenters. The lowest BCUT2D eigenvalue weighted by Gasteiger charge is -2.34. The highest BCUT2D eigenvalue weighted by atomic mass is 16.6. The number of hydrogen-bond donors (Lipinski definition) is 2. The highest BCUT2D eigenvalue weighted by Crippen LogP contribution is 2.36. The summed E-state index contributed by atoms with van der Waals surface area (Å²) in [6.07, 6.45) is 3.51. The van der Waals surface area contributed by atoms with Crippen LogP contribution in [-0.2, 0) is 19.1 Å². The number of oxazole rings is 1. The molecule has 3 heterocycles. The van der Waals surface area contributed by atoms with E-state index in [9.17, 15) is 19.8 Å². The molecule has 190 valence electrons. The van der Waals surface area contributed by atoms with Gasteiger partial charge in [0, 0.05) is 19.3 Å². The van der Waals surface area contributed by atoms with Crippen LogP contribution >= 0.6 is 0 Å². The Labute approximate surface area is 201 Å². The summed E-state index contributed by atoms with van der Waals surface area (Å²) in [7, 11) is 0. The highest BCUT2D eigenvalue weighted by Gasteiger charge is 2.44. The first kappa shape index (κ1) is 26.6. The number of Topliss-reactive ketones (excluding diaryl/α,β-unsaturated/α-hetero) is 1. The van der Waals surface area contributed by atoms with Crippen molar-refractivity contribution in [2.75, 3.05) is 0 Å². The summed E-state index contributed by atoms with van der Waals surface area (Å²) in [4.78, 5) is 30.3. The van der Waals surface area contributed by atoms with E-state index in [4.69, 9.17) is 13.9 Å². The summed E-state index contributed by atoms with van der Waals surface area (Å²) in [5, 5.41) is 21.6. The Morgan fingerprint density at radius 2 is 1.88 bits per heavy atom. The SMILES string of the molecule is CC(=Cc1coc(C)n1)[C@@H]1C[C@@H]2O[C@@H]2CCC[C@H](C)[C@H](O)[C@@H](C)C(=O)C(C)(C)[C@@H](O)CC(=O)O1. The second-order valence-electron chi connectivity index (χ2n) is 10.6. The number of esters is 1. The van der Waals surface area contributed by atoms with Crippen molar-refractivity contribution in [3.05, 3.63) is 23.4 Å². The third kappa shape index (κ3) is 6.34. The fourth-order valence-electron chi connectivity index (χ4n) is 4.78. The Balaban J connectivity index is 1.81. The number of aliphatic hydroxyl groups excluding tert-OH is 2. The van der Waals surface area contributed by atoms with Crippen molar-refractivity contribution < 1.29 is 33.7 Å². The van der Waals surface area contributed by atoms with Gasteiger partial charge in [0.1, 0.15) is 23.8 Å². The predicted molar refractivity (Wildman–Crippen MR) is 126 cm³/mol. The average Bonchev–Trinajstić information content (AvgIpc) is 3.38. The van der Waals surface area contributed by atoms with Crippen LogP contribution in [0.5, 0.6) is 0 Å². The number of epoxide rings is 1. The Bertz CT molecular complexity index is 905. The first-order valence-corrected chi connectivity index (χ1v) is 12.3. The standard InChI is InChI=1S/C26H39NO7/c1-14-8-7-9-19-21(33-19)11-20(15(2)10-18-13-32-17(4)27-18)34-23(29)12-22(28)26(5,6)25(31)16(3)24(14)30/h10,13-14,16,19-22,24,28,30H,7-9,11-12H2,1-6H3/t14-,16+,19+,20-,21-,22-,24-/m0/s1. The molecule has 8 heteroatoms. The number of rotatable bonds is 2. The van der Waals surface area contributed by atoms with Gasteiger partial charge < -0.3 is 24.1 Å². The van der Waals surface area contributed by atoms with E-state index in [1.807, 2.05) is 19.9 Å². The molecular formula is C26H39NO7. The Morgan fingerprint density at radius 1 is 1.18 bits per heavy atom. The summed E-state index contributed by atoms with van der Waals surface area (Å²) in [5.41, 5.74) is 0.228. The van der Waals surface area contributed by atoms with Crippen molar-refractivity contribution in [1.82, 2.24) is 4.98 Å². The molecule has 2 aliphatic heterocycles. The minimum absolute atomic E-state index is 0.0183. The normalized spacial score (nSPS) is 36.0. The Kier molecular flexibility index (Phi) is 8.37. The van der Waals surface area contributed by atoms with Crippen LogP contribution in [0.2, 0.25) is 0 Å². The smallest absolute Gasteiger partial charge is 0.309 e. The van der Waals surface area contributed by atoms with E-state index < -0.39 is 35.6 Å². The minimum Gasteiger partial charge on any atom is -0.458 e. The van der Waals surface area contributed by atoms with Crippen LogP contribution in [0.15, 0.2) is 16.3 Å². The molecule has 34 heavy (non-hydrogen) atoms. The molecule has 2 fully saturated rings. The second kappa shape index (κ2) is 10.7. The van der Waals surface area contributed by atoms with Gasteiger partial charge in [-0.25, -0.2) is 4.98 Å². The van der Waals surface area contributed by atoms with Crippen molar-refractivity contribution in [3.63, 3.8) is 0 Å². The molecule has 0 amide bonds. The van der Waals surface area contributed by atoms with Crippen molar-refractivity contribution in [3.8, 4) is 0 Å². The number of aliphatic hydroxyl groups is 2. The van der Waals surface area contributed by atoms with E-state index in [1.54, 1.807) is 34.0 Å². The van der Waals surface area contributed by atoms with Crippen LogP contribution in [0.3, 0.4) is 0 Å². The maximum atomic E-state index is 13.2. The first-order chi connectivity index (χ1) is 15.9. The largest absolute Gasteiger partial charge is 0.458 e. The van der Waals surface area contributed by atoms with Gasteiger partial charge in [0.2, 0.25) is 0 Å². The van der Waals surface area contributed by atoms with Crippen LogP contribution in [-0.4, -0.2) is 57.5 Å². The molecule has 0 saturated carbocycles. The number of hydrogen-bond acceptors (Lipinski definition) is 8. The number of aryl methyl sites for hydroxylation is 1. The number of nitrogens with zero attached hydrogens (tertiary/aromatic N) is 1. The molecule has 0 aliphatic carbocycles. The molecule has 3 rings (SSSR count). The number of carbonyl (C=O) groups is 2. The zero-order valence-electron chi connectivity index (χ0n) is 21.1. The van der Waals surface area contributed by atoms with Crippen molar-refractivity contribution >= 4 is 17.8 Å². The Morgan fingerprint density at radius 3 is 2.53 bits per heavy atom. The van der Waals surface area contributed by atoms with E-state index >= 15 is 0 Å². The van der Waals surface area contributed by atoms with E-state index in [0.717, 1.165) is 24.8 Å². The van der Waals surface area contributed by atoms with Gasteiger partial charge in [-0.1, -0.05) is 34.1 Å². The second-order valence-corrected chi connectivity index (χ2v) is 10.6. The molecule has 0 radical (unpaired) electrons. The van der Waals surface area contributed by atoms with Gasteiger partial charge in [-0.05, 0) is 37.3 Å². The van der Waals surface area contributed by atoms with Gasteiger partial charge >= 0.3 is 5.97 Å². The molecule has 2 N–H and O–H groups in total. The fourth-order valence-corrected chi connectivity index (χ4v) is 4.78. The monoisotopic (exact) mass is 477 g/mol. The predicted octanol–water partition coefficient (Wildman–Crippen LogP) is 3.62. The molecular weight excluding hydrogens is 438 g/mol. The number of aromatic nitrogens is 1. The molecule has 8 nitrogen and oxygen atoms in total. The quantitative estimate of drug-likeness (QED) is 0.489. The zero-order chi connectivity index (χ0) is 25.2. The van der Waals surface area contributed by atoms with Gasteiger partial charge in [0.05, 0.1) is 36.3 Å². The van der Waals surface area contributed by atoms with Crippen molar-refractivity contribution in [2.45, 2.75) is 104 Å². The van der Waals surface area contributed by atoms with Crippen LogP contribution in [0.4, 0.5) is 0 Å². The first-order valence-electron chi connectivity index (χ1n) is 12.3. The van der Waals surface area contributed by atoms with Crippen LogP contribution in [0.1, 0.15) is 78.3 Å². The average molecular weight is 478 g/mol. The van der Waals surface area contributed by atoms with Gasteiger partial charge in [0.15, 0.2) is 5.89 Å². The molecule has 1 aromatic rings. The molecule has 0 spiro atoms. The van der Waals surface area contributed by atoms with Gasteiger partial charge in [-0.15, -0.1) is 0 Å². The zero-order valence-corrected chi connectivity index (χ0v) is 21.1. The summed E-state index contributed by atoms with van der Waals surface area (Å²) in [5.74, 6) is -1.03. The number of ketones is 1. The topological polar surface area (TPSA) is 122 Å². The summed E-state index contributed by atoms with van der Waals surface area (Å²) in [6, 6.07) is 0. The van der Waals surface area contributed by atoms with Crippen LogP contribution in [0.25, 0.3) is 6.08 Å². The maximum Gasteiger partial charge on any atom is 0.309 e. The lowest BCUT2D eigenvalue weighted by molar-refractivity contribution is -0.154. The van der Waals surface area contributed by atoms with Gasteiger partial charge in [-0.2, -0.15) is 0 Å². The third-order valence-corrected chi connectivity index (χ3v) is 7.41.